The van der Waals surface area contributed by atoms with Crippen LogP contribution in [0.25, 0.3) is 11.3 Å². The summed E-state index contributed by atoms with van der Waals surface area (Å²) in [7, 11) is 0. The quantitative estimate of drug-likeness (QED) is 0.771. The van der Waals surface area contributed by atoms with Crippen molar-refractivity contribution in [2.75, 3.05) is 0 Å². The Hall–Kier alpha value is -1.78. The third-order valence-corrected chi connectivity index (χ3v) is 1.96. The van der Waals surface area contributed by atoms with E-state index in [1.807, 2.05) is 0 Å². The number of aromatic amines is 1. The van der Waals surface area contributed by atoms with Gasteiger partial charge in [-0.2, -0.15) is 13.2 Å². The number of H-pyrrole nitrogens is 1. The largest absolute Gasteiger partial charge is 0.417 e. The first-order valence-corrected chi connectivity index (χ1v) is 4.17. The molecule has 77 valence electrons. The van der Waals surface area contributed by atoms with Gasteiger partial charge in [-0.1, -0.05) is 18.2 Å². The third kappa shape index (κ3) is 1.86. The number of nitrogens with one attached hydrogen (secondary N) is 1. The van der Waals surface area contributed by atoms with E-state index in [0.717, 1.165) is 6.07 Å². The average molecular weight is 211 g/mol. The molecule has 2 rings (SSSR count). The van der Waals surface area contributed by atoms with E-state index < -0.39 is 11.7 Å². The van der Waals surface area contributed by atoms with E-state index in [0.29, 0.717) is 0 Å². The highest BCUT2D eigenvalue weighted by Crippen LogP contribution is 2.35. The van der Waals surface area contributed by atoms with Gasteiger partial charge in [0.1, 0.15) is 0 Å². The molecule has 0 atom stereocenters. The molecule has 1 aromatic carbocycles. The summed E-state index contributed by atoms with van der Waals surface area (Å²) in [5.41, 5.74) is -0.393. The minimum Gasteiger partial charge on any atom is -0.341 e. The Morgan fingerprint density at radius 2 is 1.93 bits per heavy atom. The van der Waals surface area contributed by atoms with E-state index in [1.54, 1.807) is 6.07 Å². The maximum absolute atomic E-state index is 12.6. The lowest BCUT2D eigenvalue weighted by Crippen LogP contribution is -2.06. The standard InChI is InChI=1S/C10H6F3N2/c11-10(12,13)8-4-2-1-3-7(8)9-5-14-6-15-9/h1-5H,(H,14,15). The zero-order valence-corrected chi connectivity index (χ0v) is 7.47. The van der Waals surface area contributed by atoms with Gasteiger partial charge in [0.25, 0.3) is 0 Å². The van der Waals surface area contributed by atoms with Gasteiger partial charge in [0.2, 0.25) is 0 Å². The molecule has 0 aliphatic heterocycles. The van der Waals surface area contributed by atoms with Crippen molar-refractivity contribution in [2.45, 2.75) is 6.18 Å². The second kappa shape index (κ2) is 3.42. The number of alkyl halides is 3. The molecule has 1 N–H and O–H groups in total. The molecular weight excluding hydrogens is 205 g/mol. The summed E-state index contributed by atoms with van der Waals surface area (Å²) in [6, 6.07) is 5.30. The number of halogens is 3. The number of nitrogens with zero attached hydrogens (tertiary/aromatic N) is 1. The maximum Gasteiger partial charge on any atom is 0.417 e. The summed E-state index contributed by atoms with van der Waals surface area (Å²) >= 11 is 0. The molecule has 1 aromatic heterocycles. The Labute approximate surface area is 83.8 Å². The van der Waals surface area contributed by atoms with Gasteiger partial charge in [-0.15, -0.1) is 0 Å². The number of hydrogen-bond acceptors (Lipinski definition) is 1. The highest BCUT2D eigenvalue weighted by atomic mass is 19.4. The van der Waals surface area contributed by atoms with Crippen LogP contribution in [0.2, 0.25) is 0 Å². The van der Waals surface area contributed by atoms with Gasteiger partial charge in [0.05, 0.1) is 11.3 Å². The first-order chi connectivity index (χ1) is 7.09. The van der Waals surface area contributed by atoms with Crippen LogP contribution in [0.1, 0.15) is 5.56 Å². The Kier molecular flexibility index (Phi) is 2.22. The molecular formula is C10H6F3N2. The van der Waals surface area contributed by atoms with Crippen LogP contribution >= 0.6 is 0 Å². The van der Waals surface area contributed by atoms with E-state index in [-0.39, 0.29) is 11.3 Å². The monoisotopic (exact) mass is 211 g/mol. The molecule has 0 aliphatic rings. The topological polar surface area (TPSA) is 28.7 Å². The third-order valence-electron chi connectivity index (χ3n) is 1.96. The highest BCUT2D eigenvalue weighted by Gasteiger charge is 2.33. The Morgan fingerprint density at radius 1 is 1.20 bits per heavy atom. The summed E-state index contributed by atoms with van der Waals surface area (Å²) in [6.45, 7) is 0. The summed E-state index contributed by atoms with van der Waals surface area (Å²) in [5, 5.41) is 0. The van der Waals surface area contributed by atoms with Gasteiger partial charge in [-0.25, -0.2) is 4.98 Å². The number of hydrogen-bond donors (Lipinski definition) is 1. The normalized spacial score (nSPS) is 11.7. The van der Waals surface area contributed by atoms with Crippen molar-refractivity contribution in [3.8, 4) is 11.3 Å². The van der Waals surface area contributed by atoms with Crippen molar-refractivity contribution in [1.29, 1.82) is 0 Å². The van der Waals surface area contributed by atoms with Crippen molar-refractivity contribution in [2.24, 2.45) is 0 Å². The Balaban J connectivity index is 2.58. The molecule has 0 saturated heterocycles. The van der Waals surface area contributed by atoms with E-state index in [2.05, 4.69) is 16.3 Å². The number of benzene rings is 1. The minimum absolute atomic E-state index is 0.0579. The van der Waals surface area contributed by atoms with Gasteiger partial charge in [0, 0.05) is 11.8 Å². The van der Waals surface area contributed by atoms with Gasteiger partial charge in [-0.05, 0) is 6.07 Å². The Bertz CT molecular complexity index is 446. The fourth-order valence-corrected chi connectivity index (χ4v) is 1.32. The van der Waals surface area contributed by atoms with Crippen LogP contribution in [0.5, 0.6) is 0 Å². The second-order valence-electron chi connectivity index (χ2n) is 2.94. The molecule has 1 heterocycles. The maximum atomic E-state index is 12.6. The van der Waals surface area contributed by atoms with Crippen molar-refractivity contribution < 1.29 is 13.2 Å². The van der Waals surface area contributed by atoms with Crippen LogP contribution in [-0.4, -0.2) is 9.97 Å². The van der Waals surface area contributed by atoms with Crippen molar-refractivity contribution >= 4 is 0 Å². The molecule has 0 aliphatic carbocycles. The summed E-state index contributed by atoms with van der Waals surface area (Å²) in [6.07, 6.45) is -0.621. The molecule has 5 heteroatoms. The fraction of sp³-hybridized carbons (Fsp3) is 0.100. The fourth-order valence-electron chi connectivity index (χ4n) is 1.32. The number of rotatable bonds is 1. The van der Waals surface area contributed by atoms with Crippen LogP contribution in [0.3, 0.4) is 0 Å². The van der Waals surface area contributed by atoms with Crippen LogP contribution in [0.15, 0.2) is 30.5 Å². The molecule has 1 radical (unpaired) electrons. The molecule has 0 saturated carbocycles. The molecule has 2 nitrogen and oxygen atoms in total. The van der Waals surface area contributed by atoms with E-state index in [9.17, 15) is 13.2 Å². The SMILES string of the molecule is FC(F)(F)c1ccccc1-c1c[nH][c]n1. The molecule has 15 heavy (non-hydrogen) atoms. The number of aromatic nitrogens is 2. The van der Waals surface area contributed by atoms with E-state index >= 15 is 0 Å². The lowest BCUT2D eigenvalue weighted by Gasteiger charge is -2.10. The number of imidazole rings is 1. The van der Waals surface area contributed by atoms with Crippen LogP contribution < -0.4 is 0 Å². The van der Waals surface area contributed by atoms with Crippen molar-refractivity contribution in [1.82, 2.24) is 9.97 Å². The van der Waals surface area contributed by atoms with Crippen LogP contribution in [0, 0.1) is 6.33 Å². The second-order valence-corrected chi connectivity index (χ2v) is 2.94. The molecule has 0 fully saturated rings. The first kappa shape index (κ1) is 9.76. The summed E-state index contributed by atoms with van der Waals surface area (Å²) < 4.78 is 37.8. The predicted octanol–water partition coefficient (Wildman–Crippen LogP) is 2.90. The minimum atomic E-state index is -4.37. The van der Waals surface area contributed by atoms with Gasteiger partial charge >= 0.3 is 6.18 Å². The highest BCUT2D eigenvalue weighted by molar-refractivity contribution is 5.63. The van der Waals surface area contributed by atoms with Gasteiger partial charge in [-0.3, -0.25) is 0 Å². The van der Waals surface area contributed by atoms with Crippen molar-refractivity contribution in [3.63, 3.8) is 0 Å². The van der Waals surface area contributed by atoms with Gasteiger partial charge < -0.3 is 4.98 Å². The molecule has 0 spiro atoms. The molecule has 0 unspecified atom stereocenters. The molecule has 0 amide bonds. The average Bonchev–Trinajstić information content (AvgIpc) is 2.69. The van der Waals surface area contributed by atoms with Crippen molar-refractivity contribution in [3.05, 3.63) is 42.4 Å². The zero-order valence-electron chi connectivity index (χ0n) is 7.47. The van der Waals surface area contributed by atoms with E-state index in [4.69, 9.17) is 0 Å². The molecule has 2 aromatic rings. The molecule has 0 bridgehead atoms. The van der Waals surface area contributed by atoms with E-state index in [1.165, 1.54) is 18.3 Å². The first-order valence-electron chi connectivity index (χ1n) is 4.17. The zero-order chi connectivity index (χ0) is 10.9. The Morgan fingerprint density at radius 3 is 2.53 bits per heavy atom. The lowest BCUT2D eigenvalue weighted by molar-refractivity contribution is -0.137. The predicted molar refractivity (Wildman–Crippen MR) is 47.9 cm³/mol. The lowest BCUT2D eigenvalue weighted by atomic mass is 10.1. The summed E-state index contributed by atoms with van der Waals surface area (Å²) in [5.74, 6) is 0. The van der Waals surface area contributed by atoms with Crippen LogP contribution in [0.4, 0.5) is 13.2 Å². The van der Waals surface area contributed by atoms with Crippen LogP contribution in [-0.2, 0) is 6.18 Å². The summed E-state index contributed by atoms with van der Waals surface area (Å²) in [4.78, 5) is 6.18. The smallest absolute Gasteiger partial charge is 0.341 e. The van der Waals surface area contributed by atoms with Gasteiger partial charge in [0.15, 0.2) is 6.33 Å².